The number of ether oxygens (including phenoxy) is 2. The third kappa shape index (κ3) is 3.00. The van der Waals surface area contributed by atoms with Crippen molar-refractivity contribution < 1.29 is 24.5 Å². The number of fused-ring (bicyclic) bond motifs is 1. The van der Waals surface area contributed by atoms with Crippen LogP contribution < -0.4 is 14.8 Å². The van der Waals surface area contributed by atoms with Crippen molar-refractivity contribution in [3.05, 3.63) is 47.0 Å². The van der Waals surface area contributed by atoms with Crippen LogP contribution in [-0.2, 0) is 6.54 Å². The number of carbonyl (C=O) groups excluding carboxylic acids is 1. The van der Waals surface area contributed by atoms with Crippen molar-refractivity contribution in [1.29, 1.82) is 0 Å². The smallest absolute Gasteiger partial charge is 0.274 e. The molecule has 1 aliphatic rings. The van der Waals surface area contributed by atoms with Gasteiger partial charge in [0.05, 0.1) is 4.88 Å². The normalized spacial score (nSPS) is 12.2. The number of rotatable bonds is 4. The lowest BCUT2D eigenvalue weighted by Gasteiger charge is -2.09. The molecule has 8 nitrogen and oxygen atoms in total. The van der Waals surface area contributed by atoms with Gasteiger partial charge >= 0.3 is 0 Å². The summed E-state index contributed by atoms with van der Waals surface area (Å²) >= 11 is 1.36. The van der Waals surface area contributed by atoms with Gasteiger partial charge in [-0.05, 0) is 29.1 Å². The molecule has 0 saturated carbocycles. The molecule has 1 aromatic carbocycles. The van der Waals surface area contributed by atoms with Crippen LogP contribution in [0, 0.1) is 0 Å². The number of benzene rings is 1. The number of nitrogens with one attached hydrogen (secondary N) is 1. The first kappa shape index (κ1) is 16.2. The Hall–Kier alpha value is -3.33. The maximum atomic E-state index is 12.4. The molecule has 132 valence electrons. The van der Waals surface area contributed by atoms with E-state index >= 15 is 0 Å². The molecule has 1 amide bonds. The number of carbonyl (C=O) groups is 1. The molecule has 0 radical (unpaired) electrons. The van der Waals surface area contributed by atoms with Gasteiger partial charge in [0.15, 0.2) is 23.0 Å². The molecule has 0 bridgehead atoms. The van der Waals surface area contributed by atoms with E-state index in [-0.39, 0.29) is 24.9 Å². The molecule has 3 aromatic rings. The Balaban J connectivity index is 1.54. The van der Waals surface area contributed by atoms with Crippen LogP contribution in [0.2, 0.25) is 0 Å². The Morgan fingerprint density at radius 1 is 1.19 bits per heavy atom. The highest BCUT2D eigenvalue weighted by molar-refractivity contribution is 7.13. The molecule has 4 rings (SSSR count). The molecule has 0 spiro atoms. The Morgan fingerprint density at radius 3 is 2.85 bits per heavy atom. The third-order valence-electron chi connectivity index (χ3n) is 3.71. The maximum Gasteiger partial charge on any atom is 0.274 e. The maximum absolute atomic E-state index is 12.4. The monoisotopic (exact) mass is 371 g/mol. The third-order valence-corrected chi connectivity index (χ3v) is 4.58. The first-order valence-electron chi connectivity index (χ1n) is 7.62. The molecule has 26 heavy (non-hydrogen) atoms. The molecule has 2 aromatic heterocycles. The minimum Gasteiger partial charge on any atom is -0.501 e. The predicted octanol–water partition coefficient (Wildman–Crippen LogP) is 2.28. The van der Waals surface area contributed by atoms with E-state index in [1.165, 1.54) is 11.3 Å². The highest BCUT2D eigenvalue weighted by Gasteiger charge is 2.21. The second kappa shape index (κ2) is 6.52. The second-order valence-corrected chi connectivity index (χ2v) is 6.36. The summed E-state index contributed by atoms with van der Waals surface area (Å²) < 4.78 is 10.5. The van der Waals surface area contributed by atoms with Gasteiger partial charge in [0.25, 0.3) is 11.8 Å². The number of amides is 1. The molecular weight excluding hydrogens is 358 g/mol. The van der Waals surface area contributed by atoms with Crippen molar-refractivity contribution in [3.63, 3.8) is 0 Å². The summed E-state index contributed by atoms with van der Waals surface area (Å²) in [6.45, 7) is 0.360. The number of hydrogen-bond acceptors (Lipinski definition) is 8. The molecule has 3 N–H and O–H groups in total. The van der Waals surface area contributed by atoms with E-state index in [4.69, 9.17) is 9.47 Å². The van der Waals surface area contributed by atoms with Gasteiger partial charge in [-0.3, -0.25) is 4.79 Å². The molecule has 1 aliphatic heterocycles. The van der Waals surface area contributed by atoms with E-state index in [0.29, 0.717) is 16.4 Å². The SMILES string of the molecule is O=C(NCc1ccc2c(c1)OCO2)c1nc(-c2cccs2)nc(O)c1O. The molecule has 0 fully saturated rings. The van der Waals surface area contributed by atoms with Crippen LogP contribution in [0.4, 0.5) is 0 Å². The lowest BCUT2D eigenvalue weighted by Crippen LogP contribution is -2.24. The van der Waals surface area contributed by atoms with Gasteiger partial charge in [0.1, 0.15) is 0 Å². The number of aromatic hydroxyl groups is 2. The van der Waals surface area contributed by atoms with Crippen LogP contribution in [-0.4, -0.2) is 32.9 Å². The summed E-state index contributed by atoms with van der Waals surface area (Å²) in [5.41, 5.74) is 0.500. The lowest BCUT2D eigenvalue weighted by molar-refractivity contribution is 0.0941. The zero-order chi connectivity index (χ0) is 18.1. The quantitative estimate of drug-likeness (QED) is 0.645. The highest BCUT2D eigenvalue weighted by atomic mass is 32.1. The number of aromatic nitrogens is 2. The van der Waals surface area contributed by atoms with E-state index in [0.717, 1.165) is 5.56 Å². The minimum atomic E-state index is -0.659. The Labute approximate surface area is 151 Å². The summed E-state index contributed by atoms with van der Waals surface area (Å²) in [6.07, 6.45) is 0. The Morgan fingerprint density at radius 2 is 2.04 bits per heavy atom. The summed E-state index contributed by atoms with van der Waals surface area (Å²) in [5.74, 6) is -0.498. The van der Waals surface area contributed by atoms with Crippen molar-refractivity contribution in [2.24, 2.45) is 0 Å². The van der Waals surface area contributed by atoms with Gasteiger partial charge in [-0.2, -0.15) is 4.98 Å². The van der Waals surface area contributed by atoms with Crippen LogP contribution in [0.3, 0.4) is 0 Å². The van der Waals surface area contributed by atoms with Crippen LogP contribution in [0.25, 0.3) is 10.7 Å². The Kier molecular flexibility index (Phi) is 4.05. The number of nitrogens with zero attached hydrogens (tertiary/aromatic N) is 2. The van der Waals surface area contributed by atoms with Gasteiger partial charge in [0, 0.05) is 6.54 Å². The van der Waals surface area contributed by atoms with E-state index in [1.807, 2.05) is 5.38 Å². The highest BCUT2D eigenvalue weighted by Crippen LogP contribution is 2.33. The van der Waals surface area contributed by atoms with E-state index < -0.39 is 17.5 Å². The number of hydrogen-bond donors (Lipinski definition) is 3. The average Bonchev–Trinajstić information content (AvgIpc) is 3.33. The van der Waals surface area contributed by atoms with E-state index in [1.54, 1.807) is 30.3 Å². The lowest BCUT2D eigenvalue weighted by atomic mass is 10.2. The summed E-state index contributed by atoms with van der Waals surface area (Å²) in [5, 5.41) is 24.2. The van der Waals surface area contributed by atoms with Gasteiger partial charge in [-0.1, -0.05) is 12.1 Å². The van der Waals surface area contributed by atoms with Gasteiger partial charge in [0.2, 0.25) is 12.5 Å². The Bertz CT molecular complexity index is 975. The first-order valence-corrected chi connectivity index (χ1v) is 8.50. The van der Waals surface area contributed by atoms with Gasteiger partial charge in [-0.15, -0.1) is 11.3 Å². The fourth-order valence-corrected chi connectivity index (χ4v) is 3.09. The molecule has 0 aliphatic carbocycles. The zero-order valence-electron chi connectivity index (χ0n) is 13.3. The minimum absolute atomic E-state index is 0.170. The first-order chi connectivity index (χ1) is 12.6. The predicted molar refractivity (Wildman–Crippen MR) is 92.4 cm³/mol. The van der Waals surface area contributed by atoms with E-state index in [2.05, 4.69) is 15.3 Å². The summed E-state index contributed by atoms with van der Waals surface area (Å²) in [7, 11) is 0. The topological polar surface area (TPSA) is 114 Å². The van der Waals surface area contributed by atoms with Crippen molar-refractivity contribution in [2.75, 3.05) is 6.79 Å². The van der Waals surface area contributed by atoms with Crippen molar-refractivity contribution in [2.45, 2.75) is 6.54 Å². The van der Waals surface area contributed by atoms with Crippen molar-refractivity contribution in [1.82, 2.24) is 15.3 Å². The molecule has 0 unspecified atom stereocenters. The molecular formula is C17H13N3O5S. The van der Waals surface area contributed by atoms with E-state index in [9.17, 15) is 15.0 Å². The summed E-state index contributed by atoms with van der Waals surface area (Å²) in [6, 6.07) is 8.86. The second-order valence-electron chi connectivity index (χ2n) is 5.42. The molecule has 0 saturated heterocycles. The van der Waals surface area contributed by atoms with Crippen molar-refractivity contribution >= 4 is 17.2 Å². The number of thiophene rings is 1. The van der Waals surface area contributed by atoms with Crippen LogP contribution in [0.5, 0.6) is 23.1 Å². The van der Waals surface area contributed by atoms with Crippen LogP contribution in [0.1, 0.15) is 16.1 Å². The van der Waals surface area contributed by atoms with Crippen LogP contribution >= 0.6 is 11.3 Å². The fraction of sp³-hybridized carbons (Fsp3) is 0.118. The molecule has 3 heterocycles. The van der Waals surface area contributed by atoms with Crippen molar-refractivity contribution in [3.8, 4) is 33.8 Å². The largest absolute Gasteiger partial charge is 0.501 e. The molecule has 0 atom stereocenters. The molecule has 9 heteroatoms. The fourth-order valence-electron chi connectivity index (χ4n) is 2.43. The standard InChI is InChI=1S/C17H13N3O5S/c21-14-13(19-15(20-17(14)23)12-2-1-5-26-12)16(22)18-7-9-3-4-10-11(6-9)25-8-24-10/h1-6,21H,7-8H2,(H,18,22)(H,19,20,23). The zero-order valence-corrected chi connectivity index (χ0v) is 14.1. The summed E-state index contributed by atoms with van der Waals surface area (Å²) in [4.78, 5) is 21.0. The van der Waals surface area contributed by atoms with Gasteiger partial charge in [-0.25, -0.2) is 4.98 Å². The van der Waals surface area contributed by atoms with Crippen LogP contribution in [0.15, 0.2) is 35.7 Å². The van der Waals surface area contributed by atoms with Gasteiger partial charge < -0.3 is 25.0 Å². The average molecular weight is 371 g/mol.